The van der Waals surface area contributed by atoms with Crippen LogP contribution in [-0.4, -0.2) is 21.1 Å². The summed E-state index contributed by atoms with van der Waals surface area (Å²) >= 11 is 18.1. The van der Waals surface area contributed by atoms with Gasteiger partial charge in [-0.15, -0.1) is 0 Å². The SMILES string of the molecule is CCn1c(=O)sc2cc(Cl)c(-c3ccc(OC)n4c(Br)c(C)nc34)c(Cl)c21. The van der Waals surface area contributed by atoms with Crippen molar-refractivity contribution < 1.29 is 4.74 Å². The molecule has 0 radical (unpaired) electrons. The number of thiazole rings is 1. The fraction of sp³-hybridized carbons (Fsp3) is 0.222. The Kier molecular flexibility index (Phi) is 4.74. The molecule has 1 aromatic carbocycles. The molecular formula is C18H14BrCl2N3O2S. The Balaban J connectivity index is 2.15. The summed E-state index contributed by atoms with van der Waals surface area (Å²) in [6, 6.07) is 5.51. The zero-order valence-corrected chi connectivity index (χ0v) is 18.6. The van der Waals surface area contributed by atoms with Gasteiger partial charge in [0.1, 0.15) is 10.3 Å². The van der Waals surface area contributed by atoms with Gasteiger partial charge in [-0.05, 0) is 48.0 Å². The fourth-order valence-corrected chi connectivity index (χ4v) is 5.56. The Morgan fingerprint density at radius 2 is 2.07 bits per heavy atom. The molecule has 0 bridgehead atoms. The highest BCUT2D eigenvalue weighted by atomic mass is 79.9. The minimum Gasteiger partial charge on any atom is -0.482 e. The lowest BCUT2D eigenvalue weighted by molar-refractivity contribution is 0.391. The molecule has 0 spiro atoms. The number of aryl methyl sites for hydroxylation is 2. The number of nitrogens with zero attached hydrogens (tertiary/aromatic N) is 3. The average Bonchev–Trinajstić information content (AvgIpc) is 3.11. The van der Waals surface area contributed by atoms with Gasteiger partial charge in [0.05, 0.1) is 33.1 Å². The smallest absolute Gasteiger partial charge is 0.308 e. The lowest BCUT2D eigenvalue weighted by Crippen LogP contribution is -2.11. The largest absolute Gasteiger partial charge is 0.482 e. The van der Waals surface area contributed by atoms with Crippen LogP contribution in [0.1, 0.15) is 12.6 Å². The van der Waals surface area contributed by atoms with Crippen LogP contribution in [0.2, 0.25) is 10.0 Å². The number of pyridine rings is 1. The second-order valence-corrected chi connectivity index (χ2v) is 8.47. The number of benzene rings is 1. The molecule has 9 heteroatoms. The molecule has 0 amide bonds. The Bertz CT molecular complexity index is 1280. The summed E-state index contributed by atoms with van der Waals surface area (Å²) in [5.41, 5.74) is 3.60. The molecule has 0 N–H and O–H groups in total. The third kappa shape index (κ3) is 2.71. The molecule has 140 valence electrons. The number of fused-ring (bicyclic) bond motifs is 2. The van der Waals surface area contributed by atoms with Gasteiger partial charge in [0, 0.05) is 17.7 Å². The third-order valence-corrected chi connectivity index (χ3v) is 6.99. The van der Waals surface area contributed by atoms with Gasteiger partial charge >= 0.3 is 4.87 Å². The minimum absolute atomic E-state index is 0.0538. The number of methoxy groups -OCH3 is 1. The molecule has 0 saturated heterocycles. The number of ether oxygens (including phenoxy) is 1. The van der Waals surface area contributed by atoms with Crippen LogP contribution in [0.3, 0.4) is 0 Å². The van der Waals surface area contributed by atoms with Crippen LogP contribution in [0.4, 0.5) is 0 Å². The molecule has 27 heavy (non-hydrogen) atoms. The van der Waals surface area contributed by atoms with Crippen LogP contribution in [0.15, 0.2) is 27.6 Å². The van der Waals surface area contributed by atoms with Crippen molar-refractivity contribution in [2.24, 2.45) is 0 Å². The van der Waals surface area contributed by atoms with Crippen molar-refractivity contribution in [2.75, 3.05) is 7.11 Å². The van der Waals surface area contributed by atoms with E-state index in [2.05, 4.69) is 20.9 Å². The van der Waals surface area contributed by atoms with Gasteiger partial charge in [-0.3, -0.25) is 13.8 Å². The van der Waals surface area contributed by atoms with Crippen molar-refractivity contribution in [3.8, 4) is 17.0 Å². The van der Waals surface area contributed by atoms with E-state index < -0.39 is 0 Å². The highest BCUT2D eigenvalue weighted by Crippen LogP contribution is 2.43. The highest BCUT2D eigenvalue weighted by molar-refractivity contribution is 9.10. The molecule has 4 aromatic rings. The summed E-state index contributed by atoms with van der Waals surface area (Å²) in [6.45, 7) is 4.35. The van der Waals surface area contributed by atoms with Gasteiger partial charge in [-0.25, -0.2) is 4.98 Å². The maximum absolute atomic E-state index is 12.3. The van der Waals surface area contributed by atoms with E-state index in [1.165, 1.54) is 0 Å². The first-order valence-electron chi connectivity index (χ1n) is 8.12. The van der Waals surface area contributed by atoms with E-state index in [0.717, 1.165) is 31.9 Å². The van der Waals surface area contributed by atoms with Crippen molar-refractivity contribution in [2.45, 2.75) is 20.4 Å². The Morgan fingerprint density at radius 1 is 1.33 bits per heavy atom. The molecule has 0 unspecified atom stereocenters. The molecule has 3 aromatic heterocycles. The van der Waals surface area contributed by atoms with Crippen LogP contribution in [0.5, 0.6) is 5.88 Å². The Hall–Kier alpha value is -1.54. The average molecular weight is 487 g/mol. The highest BCUT2D eigenvalue weighted by Gasteiger charge is 2.22. The maximum atomic E-state index is 12.3. The zero-order chi connectivity index (χ0) is 19.5. The molecule has 0 aliphatic rings. The van der Waals surface area contributed by atoms with Gasteiger partial charge in [0.2, 0.25) is 0 Å². The first kappa shape index (κ1) is 18.8. The molecule has 0 fully saturated rings. The molecule has 0 saturated carbocycles. The predicted octanol–water partition coefficient (Wildman–Crippen LogP) is 5.78. The Labute approximate surface area is 177 Å². The quantitative estimate of drug-likeness (QED) is 0.368. The Morgan fingerprint density at radius 3 is 2.74 bits per heavy atom. The van der Waals surface area contributed by atoms with E-state index in [1.54, 1.807) is 17.7 Å². The lowest BCUT2D eigenvalue weighted by Gasteiger charge is -2.13. The van der Waals surface area contributed by atoms with Crippen molar-refractivity contribution in [1.82, 2.24) is 14.0 Å². The van der Waals surface area contributed by atoms with Gasteiger partial charge in [0.15, 0.2) is 5.88 Å². The summed E-state index contributed by atoms with van der Waals surface area (Å²) in [5.74, 6) is 0.635. The second-order valence-electron chi connectivity index (χ2n) is 5.94. The summed E-state index contributed by atoms with van der Waals surface area (Å²) in [5, 5.41) is 0.919. The summed E-state index contributed by atoms with van der Waals surface area (Å²) in [4.78, 5) is 16.9. The van der Waals surface area contributed by atoms with Crippen molar-refractivity contribution in [1.29, 1.82) is 0 Å². The lowest BCUT2D eigenvalue weighted by atomic mass is 10.1. The van der Waals surface area contributed by atoms with E-state index in [9.17, 15) is 4.79 Å². The molecule has 0 atom stereocenters. The molecule has 0 aliphatic carbocycles. The van der Waals surface area contributed by atoms with Gasteiger partial charge in [0.25, 0.3) is 0 Å². The second kappa shape index (κ2) is 6.81. The van der Waals surface area contributed by atoms with E-state index in [1.807, 2.05) is 30.4 Å². The third-order valence-electron chi connectivity index (χ3n) is 4.47. The van der Waals surface area contributed by atoms with Crippen molar-refractivity contribution in [3.05, 3.63) is 48.2 Å². The maximum Gasteiger partial charge on any atom is 0.308 e. The monoisotopic (exact) mass is 485 g/mol. The molecule has 0 aliphatic heterocycles. The number of rotatable bonds is 3. The van der Waals surface area contributed by atoms with Crippen LogP contribution in [-0.2, 0) is 6.54 Å². The van der Waals surface area contributed by atoms with Crippen molar-refractivity contribution in [3.63, 3.8) is 0 Å². The van der Waals surface area contributed by atoms with E-state index in [4.69, 9.17) is 27.9 Å². The minimum atomic E-state index is -0.0538. The van der Waals surface area contributed by atoms with Crippen LogP contribution in [0, 0.1) is 6.92 Å². The first-order valence-corrected chi connectivity index (χ1v) is 10.5. The fourth-order valence-electron chi connectivity index (χ4n) is 3.24. The van der Waals surface area contributed by atoms with Crippen LogP contribution < -0.4 is 9.61 Å². The standard InChI is InChI=1S/C18H14BrCl2N3O2S/c1-4-23-15-11(27-18(23)25)7-10(20)13(14(15)21)9-5-6-12(26-3)24-16(19)8(2)22-17(9)24/h5-7H,4H2,1-3H3. The predicted molar refractivity (Wildman–Crippen MR) is 115 cm³/mol. The van der Waals surface area contributed by atoms with Gasteiger partial charge in [-0.1, -0.05) is 34.5 Å². The first-order chi connectivity index (χ1) is 12.9. The van der Waals surface area contributed by atoms with E-state index in [-0.39, 0.29) is 4.87 Å². The van der Waals surface area contributed by atoms with Crippen LogP contribution in [0.25, 0.3) is 27.0 Å². The number of halogens is 3. The normalized spacial score (nSPS) is 11.6. The molecule has 4 rings (SSSR count). The number of hydrogen-bond acceptors (Lipinski definition) is 4. The van der Waals surface area contributed by atoms with E-state index in [0.29, 0.717) is 39.2 Å². The number of aromatic nitrogens is 3. The number of imidazole rings is 1. The topological polar surface area (TPSA) is 48.5 Å². The zero-order valence-electron chi connectivity index (χ0n) is 14.6. The van der Waals surface area contributed by atoms with Gasteiger partial charge < -0.3 is 4.74 Å². The molecular weight excluding hydrogens is 473 g/mol. The van der Waals surface area contributed by atoms with Crippen LogP contribution >= 0.6 is 50.5 Å². The molecule has 3 heterocycles. The summed E-state index contributed by atoms with van der Waals surface area (Å²) < 4.78 is 10.6. The van der Waals surface area contributed by atoms with Crippen molar-refractivity contribution >= 4 is 66.3 Å². The summed E-state index contributed by atoms with van der Waals surface area (Å²) in [6.07, 6.45) is 0. The number of hydrogen-bond donors (Lipinski definition) is 0. The molecule has 5 nitrogen and oxygen atoms in total. The van der Waals surface area contributed by atoms with E-state index >= 15 is 0 Å². The summed E-state index contributed by atoms with van der Waals surface area (Å²) in [7, 11) is 1.60. The van der Waals surface area contributed by atoms with Gasteiger partial charge in [-0.2, -0.15) is 0 Å².